The van der Waals surface area contributed by atoms with Crippen LogP contribution in [0.3, 0.4) is 0 Å². The quantitative estimate of drug-likeness (QED) is 0.649. The van der Waals surface area contributed by atoms with Gasteiger partial charge >= 0.3 is 0 Å². The molecule has 0 aliphatic rings. The molecule has 27 heavy (non-hydrogen) atoms. The molecular formula is C20H20FN3O3. The average molecular weight is 369 g/mol. The lowest BCUT2D eigenvalue weighted by molar-refractivity contribution is -0.121. The van der Waals surface area contributed by atoms with Crippen molar-refractivity contribution in [2.45, 2.75) is 19.9 Å². The van der Waals surface area contributed by atoms with Gasteiger partial charge in [0.15, 0.2) is 0 Å². The minimum Gasteiger partial charge on any atom is -0.492 e. The molecule has 0 aliphatic heterocycles. The lowest BCUT2D eigenvalue weighted by atomic mass is 10.1. The number of halogens is 1. The number of aryl methyl sites for hydroxylation is 2. The smallest absolute Gasteiger partial charge is 0.261 e. The van der Waals surface area contributed by atoms with Gasteiger partial charge in [-0.1, -0.05) is 12.1 Å². The molecule has 1 heterocycles. The third kappa shape index (κ3) is 4.69. The molecule has 3 aromatic rings. The number of amides is 1. The molecule has 0 fully saturated rings. The van der Waals surface area contributed by atoms with Crippen LogP contribution < -0.4 is 15.6 Å². The number of ether oxygens (including phenoxy) is 1. The molecule has 0 aliphatic carbocycles. The summed E-state index contributed by atoms with van der Waals surface area (Å²) in [6.07, 6.45) is 1.64. The van der Waals surface area contributed by atoms with Crippen molar-refractivity contribution >= 4 is 16.8 Å². The molecule has 3 rings (SSSR count). The largest absolute Gasteiger partial charge is 0.492 e. The fourth-order valence-corrected chi connectivity index (χ4v) is 2.70. The summed E-state index contributed by atoms with van der Waals surface area (Å²) in [5.74, 6) is 0.0212. The Morgan fingerprint density at radius 3 is 2.78 bits per heavy atom. The number of nitrogens with zero attached hydrogens (tertiary/aromatic N) is 2. The van der Waals surface area contributed by atoms with Gasteiger partial charge in [-0.25, -0.2) is 9.37 Å². The summed E-state index contributed by atoms with van der Waals surface area (Å²) in [7, 11) is 0. The molecule has 0 radical (unpaired) electrons. The van der Waals surface area contributed by atoms with E-state index in [1.807, 2.05) is 19.1 Å². The van der Waals surface area contributed by atoms with Crippen LogP contribution in [0, 0.1) is 12.7 Å². The SMILES string of the molecule is Cc1cccc2c(=O)n(CCC(=O)NCCOc3ccc(F)cc3)cnc12. The fraction of sp³-hybridized carbons (Fsp3) is 0.250. The molecule has 0 saturated heterocycles. The molecule has 2 aromatic carbocycles. The molecule has 0 atom stereocenters. The monoisotopic (exact) mass is 369 g/mol. The highest BCUT2D eigenvalue weighted by atomic mass is 19.1. The number of carbonyl (C=O) groups is 1. The molecule has 0 spiro atoms. The Kier molecular flexibility index (Phi) is 5.80. The molecule has 0 bridgehead atoms. The van der Waals surface area contributed by atoms with E-state index in [1.54, 1.807) is 6.07 Å². The first-order chi connectivity index (χ1) is 13.0. The Balaban J connectivity index is 1.48. The van der Waals surface area contributed by atoms with Crippen molar-refractivity contribution in [2.75, 3.05) is 13.2 Å². The second-order valence-electron chi connectivity index (χ2n) is 6.12. The minimum atomic E-state index is -0.329. The summed E-state index contributed by atoms with van der Waals surface area (Å²) in [6.45, 7) is 2.75. The predicted molar refractivity (Wildman–Crippen MR) is 100 cm³/mol. The van der Waals surface area contributed by atoms with Crippen molar-refractivity contribution in [2.24, 2.45) is 0 Å². The van der Waals surface area contributed by atoms with Crippen LogP contribution in [0.4, 0.5) is 4.39 Å². The number of para-hydroxylation sites is 1. The van der Waals surface area contributed by atoms with Gasteiger partial charge in [0.25, 0.3) is 5.56 Å². The van der Waals surface area contributed by atoms with Gasteiger partial charge in [-0.2, -0.15) is 0 Å². The van der Waals surface area contributed by atoms with Crippen LogP contribution in [0.15, 0.2) is 53.6 Å². The summed E-state index contributed by atoms with van der Waals surface area (Å²) in [5.41, 5.74) is 1.47. The molecule has 140 valence electrons. The number of fused-ring (bicyclic) bond motifs is 1. The summed E-state index contributed by atoms with van der Waals surface area (Å²) in [5, 5.41) is 3.27. The third-order valence-corrected chi connectivity index (χ3v) is 4.14. The van der Waals surface area contributed by atoms with E-state index in [-0.39, 0.29) is 36.9 Å². The maximum atomic E-state index is 12.8. The second-order valence-corrected chi connectivity index (χ2v) is 6.12. The Morgan fingerprint density at radius 2 is 2.00 bits per heavy atom. The Morgan fingerprint density at radius 1 is 1.22 bits per heavy atom. The highest BCUT2D eigenvalue weighted by Crippen LogP contribution is 2.11. The normalized spacial score (nSPS) is 10.7. The number of carbonyl (C=O) groups excluding carboxylic acids is 1. The first kappa shape index (κ1) is 18.6. The van der Waals surface area contributed by atoms with Gasteiger partial charge in [0.1, 0.15) is 18.2 Å². The summed E-state index contributed by atoms with van der Waals surface area (Å²) >= 11 is 0. The van der Waals surface area contributed by atoms with E-state index in [2.05, 4.69) is 10.3 Å². The van der Waals surface area contributed by atoms with Crippen molar-refractivity contribution in [1.82, 2.24) is 14.9 Å². The fourth-order valence-electron chi connectivity index (χ4n) is 2.70. The van der Waals surface area contributed by atoms with Gasteiger partial charge in [-0.15, -0.1) is 0 Å². The zero-order valence-electron chi connectivity index (χ0n) is 14.9. The van der Waals surface area contributed by atoms with Gasteiger partial charge in [-0.05, 0) is 42.8 Å². The maximum absolute atomic E-state index is 12.8. The maximum Gasteiger partial charge on any atom is 0.261 e. The number of rotatable bonds is 7. The van der Waals surface area contributed by atoms with Crippen LogP contribution in [0.2, 0.25) is 0 Å². The summed E-state index contributed by atoms with van der Waals surface area (Å²) in [6, 6.07) is 11.1. The molecule has 0 unspecified atom stereocenters. The Hall–Kier alpha value is -3.22. The van der Waals surface area contributed by atoms with Gasteiger partial charge in [0.2, 0.25) is 5.91 Å². The van der Waals surface area contributed by atoms with Gasteiger partial charge in [0, 0.05) is 13.0 Å². The predicted octanol–water partition coefficient (Wildman–Crippen LogP) is 2.43. The molecular weight excluding hydrogens is 349 g/mol. The zero-order chi connectivity index (χ0) is 19.2. The summed E-state index contributed by atoms with van der Waals surface area (Å²) in [4.78, 5) is 28.7. The Labute approximate surface area is 155 Å². The molecule has 1 amide bonds. The summed E-state index contributed by atoms with van der Waals surface area (Å²) < 4.78 is 19.6. The number of aromatic nitrogens is 2. The van der Waals surface area contributed by atoms with E-state index in [0.29, 0.717) is 23.2 Å². The van der Waals surface area contributed by atoms with Crippen molar-refractivity contribution in [3.8, 4) is 5.75 Å². The van der Waals surface area contributed by atoms with Crippen LogP contribution in [-0.4, -0.2) is 28.6 Å². The van der Waals surface area contributed by atoms with E-state index in [4.69, 9.17) is 4.74 Å². The minimum absolute atomic E-state index is 0.156. The lowest BCUT2D eigenvalue weighted by Gasteiger charge is -2.09. The zero-order valence-corrected chi connectivity index (χ0v) is 14.9. The van der Waals surface area contributed by atoms with Crippen LogP contribution in [0.1, 0.15) is 12.0 Å². The molecule has 7 heteroatoms. The number of nitrogens with one attached hydrogen (secondary N) is 1. The van der Waals surface area contributed by atoms with E-state index >= 15 is 0 Å². The second kappa shape index (κ2) is 8.44. The van der Waals surface area contributed by atoms with Crippen molar-refractivity contribution in [3.05, 3.63) is 70.5 Å². The van der Waals surface area contributed by atoms with Crippen LogP contribution >= 0.6 is 0 Å². The Bertz CT molecular complexity index is 1000. The van der Waals surface area contributed by atoms with E-state index in [1.165, 1.54) is 35.2 Å². The third-order valence-electron chi connectivity index (χ3n) is 4.14. The average Bonchev–Trinajstić information content (AvgIpc) is 2.67. The van der Waals surface area contributed by atoms with Gasteiger partial charge < -0.3 is 10.1 Å². The van der Waals surface area contributed by atoms with E-state index in [9.17, 15) is 14.0 Å². The number of hydrogen-bond acceptors (Lipinski definition) is 4. The van der Waals surface area contributed by atoms with Crippen molar-refractivity contribution in [1.29, 1.82) is 0 Å². The topological polar surface area (TPSA) is 73.2 Å². The van der Waals surface area contributed by atoms with Crippen LogP contribution in [-0.2, 0) is 11.3 Å². The number of hydrogen-bond donors (Lipinski definition) is 1. The first-order valence-electron chi connectivity index (χ1n) is 8.64. The van der Waals surface area contributed by atoms with E-state index < -0.39 is 0 Å². The van der Waals surface area contributed by atoms with E-state index in [0.717, 1.165) is 5.56 Å². The highest BCUT2D eigenvalue weighted by molar-refractivity contribution is 5.80. The standard InChI is InChI=1S/C20H20FN3O3/c1-14-3-2-4-17-19(14)23-13-24(20(17)26)11-9-18(25)22-10-12-27-16-7-5-15(21)6-8-16/h2-8,13H,9-12H2,1H3,(H,22,25). The van der Waals surface area contributed by atoms with Crippen molar-refractivity contribution < 1.29 is 13.9 Å². The molecule has 6 nitrogen and oxygen atoms in total. The molecule has 1 N–H and O–H groups in total. The first-order valence-corrected chi connectivity index (χ1v) is 8.64. The highest BCUT2D eigenvalue weighted by Gasteiger charge is 2.07. The molecule has 0 saturated carbocycles. The van der Waals surface area contributed by atoms with Gasteiger partial charge in [0.05, 0.1) is 23.8 Å². The van der Waals surface area contributed by atoms with Crippen LogP contribution in [0.25, 0.3) is 10.9 Å². The lowest BCUT2D eigenvalue weighted by Crippen LogP contribution is -2.30. The number of benzene rings is 2. The molecule has 1 aromatic heterocycles. The van der Waals surface area contributed by atoms with Crippen LogP contribution in [0.5, 0.6) is 5.75 Å². The van der Waals surface area contributed by atoms with Crippen molar-refractivity contribution in [3.63, 3.8) is 0 Å². The van der Waals surface area contributed by atoms with Gasteiger partial charge in [-0.3, -0.25) is 14.2 Å².